The molecule has 3 fully saturated rings. The molecule has 92 valence electrons. The van der Waals surface area contributed by atoms with Gasteiger partial charge in [-0.1, -0.05) is 55.8 Å². The van der Waals surface area contributed by atoms with Gasteiger partial charge < -0.3 is 12.9 Å². The van der Waals surface area contributed by atoms with Crippen LogP contribution in [-0.4, -0.2) is 6.98 Å². The number of rotatable bonds is 3. The first-order chi connectivity index (χ1) is 7.93. The molecule has 3 saturated carbocycles. The third-order valence-electron chi connectivity index (χ3n) is 4.74. The van der Waals surface area contributed by atoms with Crippen LogP contribution >= 0.6 is 0 Å². The molecule has 4 rings (SSSR count). The molecule has 0 spiro atoms. The molecule has 0 unspecified atom stereocenters. The molecule has 0 aliphatic heterocycles. The molecule has 0 atom stereocenters. The molecule has 3 aliphatic rings. The summed E-state index contributed by atoms with van der Waals surface area (Å²) >= 11 is 0. The van der Waals surface area contributed by atoms with Crippen molar-refractivity contribution in [3.05, 3.63) is 35.4 Å². The summed E-state index contributed by atoms with van der Waals surface area (Å²) in [6.45, 7) is -2.59. The fourth-order valence-electron chi connectivity index (χ4n) is 3.85. The summed E-state index contributed by atoms with van der Waals surface area (Å²) in [5.74, 6) is 0. The number of benzene rings is 1. The minimum absolute atomic E-state index is 0. The van der Waals surface area contributed by atoms with Crippen LogP contribution in [0.15, 0.2) is 24.3 Å². The first-order valence-corrected chi connectivity index (χ1v) is 6.20. The third-order valence-corrected chi connectivity index (χ3v) is 4.74. The average Bonchev–Trinajstić information content (AvgIpc) is 2.12. The van der Waals surface area contributed by atoms with Gasteiger partial charge in [0.25, 0.3) is 0 Å². The van der Waals surface area contributed by atoms with Crippen molar-refractivity contribution >= 4 is 6.98 Å². The van der Waals surface area contributed by atoms with Crippen LogP contribution in [0.4, 0.5) is 12.9 Å². The van der Waals surface area contributed by atoms with E-state index < -0.39 is 12.3 Å². The van der Waals surface area contributed by atoms with Crippen LogP contribution in [0.5, 0.6) is 0 Å². The minimum atomic E-state index is -4.65. The molecule has 0 saturated heterocycles. The second-order valence-corrected chi connectivity index (χ2v) is 5.76. The number of aryl methyl sites for hydroxylation is 1. The van der Waals surface area contributed by atoms with Crippen LogP contribution < -0.4 is 51.4 Å². The standard InChI is InChI=1S/C13H15BF3.K/c1-2-10-5-3-4-6-11(10)12-7-13(8-12,9-12)14(15,16)17;/h3-6H,2,7-9H2,1H3;/q-1;+1. The monoisotopic (exact) mass is 278 g/mol. The molecule has 0 heterocycles. The summed E-state index contributed by atoms with van der Waals surface area (Å²) < 4.78 is 38.6. The topological polar surface area (TPSA) is 0 Å². The summed E-state index contributed by atoms with van der Waals surface area (Å²) in [6, 6.07) is 7.98. The smallest absolute Gasteiger partial charge is 0.449 e. The molecule has 0 radical (unpaired) electrons. The van der Waals surface area contributed by atoms with Crippen LogP contribution in [0.2, 0.25) is 5.31 Å². The first kappa shape index (κ1) is 15.1. The molecule has 0 amide bonds. The van der Waals surface area contributed by atoms with Crippen molar-refractivity contribution < 1.29 is 64.3 Å². The summed E-state index contributed by atoms with van der Waals surface area (Å²) in [5.41, 5.74) is 2.25. The van der Waals surface area contributed by atoms with Crippen molar-refractivity contribution in [2.75, 3.05) is 0 Å². The second kappa shape index (κ2) is 4.62. The molecular formula is C13H15BF3K. The zero-order chi connectivity index (χ0) is 12.3. The van der Waals surface area contributed by atoms with E-state index in [2.05, 4.69) is 6.92 Å². The van der Waals surface area contributed by atoms with Gasteiger partial charge >= 0.3 is 58.4 Å². The van der Waals surface area contributed by atoms with E-state index in [-0.39, 0.29) is 56.8 Å². The van der Waals surface area contributed by atoms with E-state index >= 15 is 0 Å². The summed E-state index contributed by atoms with van der Waals surface area (Å²) in [7, 11) is 0. The molecule has 2 bridgehead atoms. The van der Waals surface area contributed by atoms with Crippen LogP contribution in [0.25, 0.3) is 0 Å². The van der Waals surface area contributed by atoms with E-state index in [1.807, 2.05) is 24.3 Å². The maximum atomic E-state index is 12.9. The number of hydrogen-bond acceptors (Lipinski definition) is 0. The van der Waals surface area contributed by atoms with Gasteiger partial charge in [0, 0.05) is 0 Å². The van der Waals surface area contributed by atoms with Crippen LogP contribution in [0.3, 0.4) is 0 Å². The van der Waals surface area contributed by atoms with Gasteiger partial charge in [-0.3, -0.25) is 0 Å². The molecule has 0 N–H and O–H groups in total. The van der Waals surface area contributed by atoms with Gasteiger partial charge in [0.1, 0.15) is 0 Å². The van der Waals surface area contributed by atoms with Crippen LogP contribution in [-0.2, 0) is 11.8 Å². The van der Waals surface area contributed by atoms with E-state index in [0.717, 1.165) is 6.42 Å². The fourth-order valence-corrected chi connectivity index (χ4v) is 3.85. The van der Waals surface area contributed by atoms with Gasteiger partial charge in [0.05, 0.1) is 0 Å². The Kier molecular flexibility index (Phi) is 3.88. The van der Waals surface area contributed by atoms with Gasteiger partial charge in [-0.05, 0) is 23.0 Å². The maximum absolute atomic E-state index is 12.9. The Hall–Kier alpha value is 0.711. The Balaban J connectivity index is 0.00000120. The van der Waals surface area contributed by atoms with Crippen molar-refractivity contribution in [2.45, 2.75) is 43.3 Å². The van der Waals surface area contributed by atoms with Crippen molar-refractivity contribution in [1.82, 2.24) is 0 Å². The molecule has 0 aromatic heterocycles. The van der Waals surface area contributed by atoms with E-state index in [1.54, 1.807) is 0 Å². The Bertz CT molecular complexity index is 450. The van der Waals surface area contributed by atoms with E-state index in [1.165, 1.54) is 11.1 Å². The number of halogens is 3. The average molecular weight is 278 g/mol. The quantitative estimate of drug-likeness (QED) is 0.731. The molecule has 0 nitrogen and oxygen atoms in total. The van der Waals surface area contributed by atoms with E-state index in [9.17, 15) is 12.9 Å². The summed E-state index contributed by atoms with van der Waals surface area (Å²) in [4.78, 5) is 0. The van der Waals surface area contributed by atoms with Gasteiger partial charge in [-0.2, -0.15) is 0 Å². The fraction of sp³-hybridized carbons (Fsp3) is 0.538. The molecule has 1 aromatic rings. The SMILES string of the molecule is CCc1ccccc1C12CC([B-](F)(F)F)(C1)C2.[K+]. The summed E-state index contributed by atoms with van der Waals surface area (Å²) in [6.07, 6.45) is 1.91. The Morgan fingerprint density at radius 1 is 1.11 bits per heavy atom. The molecule has 3 aliphatic carbocycles. The minimum Gasteiger partial charge on any atom is -0.449 e. The van der Waals surface area contributed by atoms with Gasteiger partial charge in [-0.15, -0.1) is 0 Å². The maximum Gasteiger partial charge on any atom is 1.00 e. The van der Waals surface area contributed by atoms with Gasteiger partial charge in [0.2, 0.25) is 0 Å². The van der Waals surface area contributed by atoms with Gasteiger partial charge in [0.15, 0.2) is 0 Å². The normalized spacial score (nSPS) is 33.1. The Morgan fingerprint density at radius 2 is 1.67 bits per heavy atom. The zero-order valence-electron chi connectivity index (χ0n) is 10.8. The molecule has 1 aromatic carbocycles. The van der Waals surface area contributed by atoms with Crippen molar-refractivity contribution in [3.63, 3.8) is 0 Å². The number of hydrogen-bond donors (Lipinski definition) is 0. The predicted molar refractivity (Wildman–Crippen MR) is 63.1 cm³/mol. The molecule has 5 heteroatoms. The van der Waals surface area contributed by atoms with Crippen molar-refractivity contribution in [3.8, 4) is 0 Å². The summed E-state index contributed by atoms with van der Waals surface area (Å²) in [5, 5.41) is -1.28. The van der Waals surface area contributed by atoms with E-state index in [0.29, 0.717) is 19.3 Å². The predicted octanol–water partition coefficient (Wildman–Crippen LogP) is 1.28. The zero-order valence-corrected chi connectivity index (χ0v) is 14.0. The molecular weight excluding hydrogens is 263 g/mol. The Labute approximate surface area is 148 Å². The van der Waals surface area contributed by atoms with Crippen LogP contribution in [0, 0.1) is 0 Å². The van der Waals surface area contributed by atoms with Crippen LogP contribution in [0.1, 0.15) is 37.3 Å². The first-order valence-electron chi connectivity index (χ1n) is 6.20. The van der Waals surface area contributed by atoms with Gasteiger partial charge in [-0.25, -0.2) is 0 Å². The van der Waals surface area contributed by atoms with E-state index in [4.69, 9.17) is 0 Å². The van der Waals surface area contributed by atoms with Crippen molar-refractivity contribution in [2.24, 2.45) is 0 Å². The van der Waals surface area contributed by atoms with Crippen molar-refractivity contribution in [1.29, 1.82) is 0 Å². The largest absolute Gasteiger partial charge is 1.00 e. The second-order valence-electron chi connectivity index (χ2n) is 5.76. The molecule has 18 heavy (non-hydrogen) atoms. The third kappa shape index (κ3) is 1.89. The Morgan fingerprint density at radius 3 is 2.17 bits per heavy atom.